The van der Waals surface area contributed by atoms with E-state index in [1.54, 1.807) is 0 Å². The highest BCUT2D eigenvalue weighted by atomic mass is 16.2. The first-order valence-corrected chi connectivity index (χ1v) is 10.8. The molecule has 2 aliphatic rings. The molecule has 2 N–H and O–H groups in total. The number of benzene rings is 1. The molecule has 1 aromatic heterocycles. The molecule has 8 nitrogen and oxygen atoms in total. The minimum atomic E-state index is -0.272. The first-order valence-electron chi connectivity index (χ1n) is 10.8. The molecule has 0 bridgehead atoms. The van der Waals surface area contributed by atoms with Gasteiger partial charge in [0.05, 0.1) is 17.7 Å². The maximum atomic E-state index is 12.8. The Balaban J connectivity index is 1.42. The second-order valence-electron chi connectivity index (χ2n) is 8.84. The Bertz CT molecular complexity index is 987. The Morgan fingerprint density at radius 1 is 1.16 bits per heavy atom. The molecular formula is C23H30N6O2. The van der Waals surface area contributed by atoms with Gasteiger partial charge in [-0.15, -0.1) is 0 Å². The average Bonchev–Trinajstić information content (AvgIpc) is 2.70. The number of amides is 2. The number of anilines is 3. The van der Waals surface area contributed by atoms with Crippen LogP contribution in [-0.4, -0.2) is 58.9 Å². The van der Waals surface area contributed by atoms with Gasteiger partial charge in [-0.3, -0.25) is 9.59 Å². The smallest absolute Gasteiger partial charge is 0.247 e. The second kappa shape index (κ2) is 8.17. The van der Waals surface area contributed by atoms with Crippen molar-refractivity contribution in [2.24, 2.45) is 5.92 Å². The van der Waals surface area contributed by atoms with Crippen LogP contribution < -0.4 is 15.5 Å². The number of aryl methyl sites for hydroxylation is 1. The highest BCUT2D eigenvalue weighted by Crippen LogP contribution is 2.34. The van der Waals surface area contributed by atoms with E-state index in [1.807, 2.05) is 74.9 Å². The zero-order valence-corrected chi connectivity index (χ0v) is 18.7. The summed E-state index contributed by atoms with van der Waals surface area (Å²) in [5.74, 6) is 1.34. The van der Waals surface area contributed by atoms with Crippen LogP contribution in [0, 0.1) is 12.8 Å². The highest BCUT2D eigenvalue weighted by Gasteiger charge is 2.37. The molecule has 2 amide bonds. The number of carbonyl (C=O) groups is 2. The summed E-state index contributed by atoms with van der Waals surface area (Å²) in [7, 11) is 1.90. The molecule has 31 heavy (non-hydrogen) atoms. The molecule has 2 atom stereocenters. The maximum absolute atomic E-state index is 12.8. The Morgan fingerprint density at radius 2 is 1.84 bits per heavy atom. The van der Waals surface area contributed by atoms with Crippen LogP contribution in [0.3, 0.4) is 0 Å². The third kappa shape index (κ3) is 3.94. The van der Waals surface area contributed by atoms with Crippen molar-refractivity contribution < 1.29 is 9.59 Å². The van der Waals surface area contributed by atoms with Crippen molar-refractivity contribution in [3.8, 4) is 0 Å². The summed E-state index contributed by atoms with van der Waals surface area (Å²) in [6, 6.07) is 9.68. The van der Waals surface area contributed by atoms with Gasteiger partial charge in [0.15, 0.2) is 5.82 Å². The van der Waals surface area contributed by atoms with Crippen LogP contribution in [0.2, 0.25) is 0 Å². The number of hydrogen-bond acceptors (Lipinski definition) is 6. The van der Waals surface area contributed by atoms with Crippen molar-refractivity contribution >= 4 is 29.3 Å². The van der Waals surface area contributed by atoms with Crippen LogP contribution in [0.4, 0.5) is 17.5 Å². The first-order chi connectivity index (χ1) is 14.8. The summed E-state index contributed by atoms with van der Waals surface area (Å²) in [6.07, 6.45) is 0. The molecule has 3 heterocycles. The first kappa shape index (κ1) is 21.1. The number of hydrogen-bond donors (Lipinski definition) is 2. The SMILES string of the molecule is Cc1nc(NC2CN(C(=O)[C@H](C)c3ccccc3)C2)nc2c1NC(=O)C(C(C)C)N2C. The molecule has 2 aromatic rings. The van der Waals surface area contributed by atoms with E-state index in [9.17, 15) is 9.59 Å². The molecule has 1 saturated heterocycles. The van der Waals surface area contributed by atoms with Crippen molar-refractivity contribution in [3.63, 3.8) is 0 Å². The average molecular weight is 423 g/mol. The van der Waals surface area contributed by atoms with Crippen molar-refractivity contribution in [1.29, 1.82) is 0 Å². The zero-order valence-electron chi connectivity index (χ0n) is 18.7. The number of nitrogens with one attached hydrogen (secondary N) is 2. The normalized spacial score (nSPS) is 19.5. The summed E-state index contributed by atoms with van der Waals surface area (Å²) in [4.78, 5) is 38.2. The van der Waals surface area contributed by atoms with Gasteiger partial charge in [0, 0.05) is 20.1 Å². The Hall–Kier alpha value is -3.16. The minimum Gasteiger partial charge on any atom is -0.348 e. The molecule has 0 radical (unpaired) electrons. The molecule has 164 valence electrons. The second-order valence-corrected chi connectivity index (χ2v) is 8.84. The van der Waals surface area contributed by atoms with Gasteiger partial charge in [-0.1, -0.05) is 44.2 Å². The van der Waals surface area contributed by atoms with E-state index >= 15 is 0 Å². The molecule has 2 aliphatic heterocycles. The Labute approximate surface area is 183 Å². The number of likely N-dealkylation sites (N-methyl/N-ethyl adjacent to an activating group) is 1. The van der Waals surface area contributed by atoms with Crippen molar-refractivity contribution in [1.82, 2.24) is 14.9 Å². The third-order valence-electron chi connectivity index (χ3n) is 6.17. The number of carbonyl (C=O) groups excluding carboxylic acids is 2. The Kier molecular flexibility index (Phi) is 5.56. The summed E-state index contributed by atoms with van der Waals surface area (Å²) < 4.78 is 0. The van der Waals surface area contributed by atoms with E-state index in [0.29, 0.717) is 24.7 Å². The van der Waals surface area contributed by atoms with Gasteiger partial charge in [-0.25, -0.2) is 4.98 Å². The van der Waals surface area contributed by atoms with Gasteiger partial charge in [-0.05, 0) is 25.3 Å². The lowest BCUT2D eigenvalue weighted by Crippen LogP contribution is -2.58. The van der Waals surface area contributed by atoms with Crippen molar-refractivity contribution in [3.05, 3.63) is 41.6 Å². The predicted octanol–water partition coefficient (Wildman–Crippen LogP) is 2.62. The van der Waals surface area contributed by atoms with E-state index in [2.05, 4.69) is 20.6 Å². The quantitative estimate of drug-likeness (QED) is 0.770. The van der Waals surface area contributed by atoms with Gasteiger partial charge < -0.3 is 20.4 Å². The van der Waals surface area contributed by atoms with Gasteiger partial charge in [0.1, 0.15) is 11.7 Å². The van der Waals surface area contributed by atoms with Crippen LogP contribution >= 0.6 is 0 Å². The lowest BCUT2D eigenvalue weighted by molar-refractivity contribution is -0.136. The van der Waals surface area contributed by atoms with E-state index in [4.69, 9.17) is 0 Å². The fraction of sp³-hybridized carbons (Fsp3) is 0.478. The van der Waals surface area contributed by atoms with Gasteiger partial charge in [0.25, 0.3) is 0 Å². The molecule has 0 saturated carbocycles. The lowest BCUT2D eigenvalue weighted by Gasteiger charge is -2.41. The molecule has 0 spiro atoms. The number of rotatable bonds is 5. The van der Waals surface area contributed by atoms with E-state index in [1.165, 1.54) is 0 Å². The monoisotopic (exact) mass is 422 g/mol. The maximum Gasteiger partial charge on any atom is 0.247 e. The van der Waals surface area contributed by atoms with E-state index in [0.717, 1.165) is 17.1 Å². The molecule has 1 unspecified atom stereocenters. The predicted molar refractivity (Wildman–Crippen MR) is 121 cm³/mol. The standard InChI is InChI=1S/C23H30N6O2/c1-13(2)19-21(30)26-18-15(4)24-23(27-20(18)28(19)5)25-17-11-29(12-17)22(31)14(3)16-9-7-6-8-10-16/h6-10,13-14,17,19H,11-12H2,1-5H3,(H,26,30)(H,24,25,27)/t14-,19?/m1/s1. The molecule has 0 aliphatic carbocycles. The van der Waals surface area contributed by atoms with Crippen LogP contribution in [0.1, 0.15) is 37.9 Å². The van der Waals surface area contributed by atoms with Crippen molar-refractivity contribution in [2.45, 2.75) is 45.7 Å². The summed E-state index contributed by atoms with van der Waals surface area (Å²) in [5, 5.41) is 6.32. The van der Waals surface area contributed by atoms with Gasteiger partial charge in [0.2, 0.25) is 17.8 Å². The van der Waals surface area contributed by atoms with Crippen LogP contribution in [0.25, 0.3) is 0 Å². The largest absolute Gasteiger partial charge is 0.348 e. The molecule has 8 heteroatoms. The molecule has 1 aromatic carbocycles. The number of aromatic nitrogens is 2. The molecule has 1 fully saturated rings. The topological polar surface area (TPSA) is 90.5 Å². The summed E-state index contributed by atoms with van der Waals surface area (Å²) >= 11 is 0. The van der Waals surface area contributed by atoms with Crippen LogP contribution in [0.5, 0.6) is 0 Å². The molecular weight excluding hydrogens is 392 g/mol. The van der Waals surface area contributed by atoms with Gasteiger partial charge in [-0.2, -0.15) is 4.98 Å². The summed E-state index contributed by atoms with van der Waals surface area (Å²) in [5.41, 5.74) is 2.42. The Morgan fingerprint density at radius 3 is 2.48 bits per heavy atom. The number of nitrogens with zero attached hydrogens (tertiary/aromatic N) is 4. The van der Waals surface area contributed by atoms with Crippen molar-refractivity contribution in [2.75, 3.05) is 35.7 Å². The van der Waals surface area contributed by atoms with Gasteiger partial charge >= 0.3 is 0 Å². The zero-order chi connectivity index (χ0) is 22.3. The van der Waals surface area contributed by atoms with Crippen LogP contribution in [-0.2, 0) is 9.59 Å². The minimum absolute atomic E-state index is 0.0295. The highest BCUT2D eigenvalue weighted by molar-refractivity contribution is 6.03. The molecule has 4 rings (SSSR count). The fourth-order valence-electron chi connectivity index (χ4n) is 4.37. The number of fused-ring (bicyclic) bond motifs is 1. The van der Waals surface area contributed by atoms with E-state index in [-0.39, 0.29) is 35.7 Å². The number of likely N-dealkylation sites (tertiary alicyclic amines) is 1. The lowest BCUT2D eigenvalue weighted by atomic mass is 9.97. The van der Waals surface area contributed by atoms with Crippen LogP contribution in [0.15, 0.2) is 30.3 Å². The summed E-state index contributed by atoms with van der Waals surface area (Å²) in [6.45, 7) is 9.11. The van der Waals surface area contributed by atoms with E-state index < -0.39 is 0 Å². The third-order valence-corrected chi connectivity index (χ3v) is 6.17. The fourth-order valence-corrected chi connectivity index (χ4v) is 4.37.